The summed E-state index contributed by atoms with van der Waals surface area (Å²) in [4.78, 5) is 12.4. The number of benzene rings is 2. The molecule has 1 aliphatic heterocycles. The van der Waals surface area contributed by atoms with E-state index in [2.05, 4.69) is 5.32 Å². The molecule has 1 aliphatic rings. The fourth-order valence-corrected chi connectivity index (χ4v) is 4.41. The lowest BCUT2D eigenvalue weighted by atomic mass is 9.97. The van der Waals surface area contributed by atoms with Crippen LogP contribution in [0, 0.1) is 5.92 Å². The van der Waals surface area contributed by atoms with Crippen LogP contribution in [0.4, 0.5) is 5.69 Å². The third kappa shape index (κ3) is 5.42. The average molecular weight is 405 g/mol. The molecule has 2 aromatic carbocycles. The van der Waals surface area contributed by atoms with E-state index in [4.69, 9.17) is 11.6 Å². The van der Waals surface area contributed by atoms with Crippen LogP contribution in [0.5, 0.6) is 0 Å². The second kappa shape index (κ2) is 8.69. The van der Waals surface area contributed by atoms with E-state index in [9.17, 15) is 13.2 Å². The first-order chi connectivity index (χ1) is 12.9. The summed E-state index contributed by atoms with van der Waals surface area (Å²) in [5, 5.41) is 4.63. The number of rotatable bonds is 5. The smallest absolute Gasteiger partial charge is 0.236 e. The third-order valence-corrected chi connectivity index (χ3v) is 6.31. The average Bonchev–Trinajstić information content (AvgIpc) is 2.67. The topological polar surface area (TPSA) is 66.5 Å². The molecule has 0 aromatic heterocycles. The molecule has 1 N–H and O–H groups in total. The van der Waals surface area contributed by atoms with E-state index in [-0.39, 0.29) is 11.8 Å². The van der Waals surface area contributed by atoms with Gasteiger partial charge in [-0.3, -0.25) is 4.79 Å². The van der Waals surface area contributed by atoms with Gasteiger partial charge in [-0.15, -0.1) is 0 Å². The van der Waals surface area contributed by atoms with Crippen LogP contribution in [-0.2, 0) is 14.8 Å². The molecule has 7 heteroatoms. The zero-order valence-corrected chi connectivity index (χ0v) is 16.3. The molecule has 1 fully saturated rings. The predicted octanol–water partition coefficient (Wildman–Crippen LogP) is 3.99. The van der Waals surface area contributed by atoms with E-state index in [1.54, 1.807) is 30.3 Å². The molecule has 0 atom stereocenters. The molecule has 0 aliphatic carbocycles. The molecule has 5 nitrogen and oxygen atoms in total. The second-order valence-corrected chi connectivity index (χ2v) is 8.69. The van der Waals surface area contributed by atoms with Gasteiger partial charge in [-0.2, -0.15) is 4.31 Å². The summed E-state index contributed by atoms with van der Waals surface area (Å²) in [6.07, 6.45) is 2.57. The van der Waals surface area contributed by atoms with Crippen molar-refractivity contribution in [3.63, 3.8) is 0 Å². The van der Waals surface area contributed by atoms with Crippen molar-refractivity contribution in [3.05, 3.63) is 70.6 Å². The highest BCUT2D eigenvalue weighted by atomic mass is 35.5. The Balaban J connectivity index is 1.56. The van der Waals surface area contributed by atoms with E-state index in [0.717, 1.165) is 5.56 Å². The summed E-state index contributed by atoms with van der Waals surface area (Å²) in [5.41, 5.74) is 1.48. The van der Waals surface area contributed by atoms with Crippen molar-refractivity contribution < 1.29 is 13.2 Å². The van der Waals surface area contributed by atoms with E-state index < -0.39 is 10.0 Å². The van der Waals surface area contributed by atoms with E-state index in [0.29, 0.717) is 36.6 Å². The number of carbonyl (C=O) groups excluding carboxylic acids is 1. The van der Waals surface area contributed by atoms with E-state index >= 15 is 0 Å². The number of piperidine rings is 1. The fourth-order valence-electron chi connectivity index (χ4n) is 3.00. The molecular formula is C20H21ClN2O3S. The Morgan fingerprint density at radius 1 is 1.07 bits per heavy atom. The van der Waals surface area contributed by atoms with Crippen molar-refractivity contribution >= 4 is 39.3 Å². The fraction of sp³-hybridized carbons (Fsp3) is 0.250. The van der Waals surface area contributed by atoms with Gasteiger partial charge in [0.15, 0.2) is 0 Å². The lowest BCUT2D eigenvalue weighted by molar-refractivity contribution is -0.120. The van der Waals surface area contributed by atoms with Gasteiger partial charge in [-0.1, -0.05) is 48.0 Å². The highest BCUT2D eigenvalue weighted by Gasteiger charge is 2.29. The van der Waals surface area contributed by atoms with Crippen LogP contribution in [-0.4, -0.2) is 31.7 Å². The van der Waals surface area contributed by atoms with Crippen molar-refractivity contribution in [2.75, 3.05) is 18.4 Å². The number of hydrogen-bond donors (Lipinski definition) is 1. The minimum Gasteiger partial charge on any atom is -0.326 e. The maximum atomic E-state index is 12.5. The first-order valence-corrected chi connectivity index (χ1v) is 10.6. The number of anilines is 1. The third-order valence-electron chi connectivity index (χ3n) is 4.51. The van der Waals surface area contributed by atoms with E-state index in [1.807, 2.05) is 30.3 Å². The molecule has 142 valence electrons. The maximum absolute atomic E-state index is 12.5. The number of hydrogen-bond acceptors (Lipinski definition) is 3. The molecule has 1 saturated heterocycles. The SMILES string of the molecule is O=C(Nc1cccc(Cl)c1)C1CCN(S(=O)(=O)/C=C/c2ccccc2)CC1. The number of nitrogens with one attached hydrogen (secondary N) is 1. The minimum atomic E-state index is -3.49. The number of sulfonamides is 1. The zero-order valence-electron chi connectivity index (χ0n) is 14.7. The summed E-state index contributed by atoms with van der Waals surface area (Å²) < 4.78 is 26.4. The quantitative estimate of drug-likeness (QED) is 0.819. The van der Waals surface area contributed by atoms with Gasteiger partial charge in [0.1, 0.15) is 0 Å². The number of amides is 1. The van der Waals surface area contributed by atoms with Gasteiger partial charge >= 0.3 is 0 Å². The molecule has 0 unspecified atom stereocenters. The molecule has 2 aromatic rings. The van der Waals surface area contributed by atoms with Gasteiger partial charge in [-0.05, 0) is 42.7 Å². The van der Waals surface area contributed by atoms with Crippen molar-refractivity contribution in [2.24, 2.45) is 5.92 Å². The van der Waals surface area contributed by atoms with Crippen LogP contribution in [0.1, 0.15) is 18.4 Å². The highest BCUT2D eigenvalue weighted by Crippen LogP contribution is 2.23. The van der Waals surface area contributed by atoms with Gasteiger partial charge in [0.25, 0.3) is 0 Å². The van der Waals surface area contributed by atoms with Crippen LogP contribution < -0.4 is 5.32 Å². The second-order valence-electron chi connectivity index (χ2n) is 6.43. The van der Waals surface area contributed by atoms with Crippen LogP contribution in [0.15, 0.2) is 60.0 Å². The van der Waals surface area contributed by atoms with Crippen molar-refractivity contribution in [3.8, 4) is 0 Å². The zero-order chi connectivity index (χ0) is 19.3. The lowest BCUT2D eigenvalue weighted by Crippen LogP contribution is -2.40. The van der Waals surface area contributed by atoms with Crippen LogP contribution in [0.25, 0.3) is 6.08 Å². The summed E-state index contributed by atoms with van der Waals surface area (Å²) in [6.45, 7) is 0.657. The molecule has 0 saturated carbocycles. The molecule has 1 amide bonds. The Morgan fingerprint density at radius 3 is 2.44 bits per heavy atom. The van der Waals surface area contributed by atoms with Gasteiger partial charge < -0.3 is 5.32 Å². The van der Waals surface area contributed by atoms with Gasteiger partial charge in [0.2, 0.25) is 15.9 Å². The van der Waals surface area contributed by atoms with Gasteiger partial charge in [0.05, 0.1) is 0 Å². The number of nitrogens with zero attached hydrogens (tertiary/aromatic N) is 1. The summed E-state index contributed by atoms with van der Waals surface area (Å²) in [7, 11) is -3.49. The molecular weight excluding hydrogens is 384 g/mol. The molecule has 27 heavy (non-hydrogen) atoms. The van der Waals surface area contributed by atoms with Crippen molar-refractivity contribution in [1.82, 2.24) is 4.31 Å². The molecule has 3 rings (SSSR count). The van der Waals surface area contributed by atoms with Crippen LogP contribution in [0.3, 0.4) is 0 Å². The normalized spacial score (nSPS) is 16.5. The Labute approximate surface area is 164 Å². The molecule has 0 bridgehead atoms. The molecule has 1 heterocycles. The van der Waals surface area contributed by atoms with Gasteiger partial charge in [0, 0.05) is 35.1 Å². The Hall–Kier alpha value is -2.15. The van der Waals surface area contributed by atoms with Gasteiger partial charge in [-0.25, -0.2) is 8.42 Å². The first-order valence-electron chi connectivity index (χ1n) is 8.74. The number of halogens is 1. The highest BCUT2D eigenvalue weighted by molar-refractivity contribution is 7.92. The summed E-state index contributed by atoms with van der Waals surface area (Å²) >= 11 is 5.93. The molecule has 0 spiro atoms. The minimum absolute atomic E-state index is 0.103. The van der Waals surface area contributed by atoms with Crippen molar-refractivity contribution in [1.29, 1.82) is 0 Å². The van der Waals surface area contributed by atoms with Crippen LogP contribution in [0.2, 0.25) is 5.02 Å². The van der Waals surface area contributed by atoms with Crippen molar-refractivity contribution in [2.45, 2.75) is 12.8 Å². The largest absolute Gasteiger partial charge is 0.326 e. The summed E-state index contributed by atoms with van der Waals surface area (Å²) in [6, 6.07) is 16.3. The van der Waals surface area contributed by atoms with Crippen LogP contribution >= 0.6 is 11.6 Å². The Bertz CT molecular complexity index is 921. The summed E-state index contributed by atoms with van der Waals surface area (Å²) in [5.74, 6) is -0.317. The Kier molecular flexibility index (Phi) is 6.31. The maximum Gasteiger partial charge on any atom is 0.236 e. The predicted molar refractivity (Wildman–Crippen MR) is 109 cm³/mol. The molecule has 0 radical (unpaired) electrons. The lowest BCUT2D eigenvalue weighted by Gasteiger charge is -2.29. The Morgan fingerprint density at radius 2 is 1.78 bits per heavy atom. The monoisotopic (exact) mass is 404 g/mol. The standard InChI is InChI=1S/C20H21ClN2O3S/c21-18-7-4-8-19(15-18)22-20(24)17-9-12-23(13-10-17)27(25,26)14-11-16-5-2-1-3-6-16/h1-8,11,14-15,17H,9-10,12-13H2,(H,22,24)/b14-11+. The first kappa shape index (κ1) is 19.6. The number of carbonyl (C=O) groups is 1. The van der Waals surface area contributed by atoms with E-state index in [1.165, 1.54) is 9.71 Å².